The number of carbonyl (C=O) groups excluding carboxylic acids is 1. The number of halogens is 1. The number of nitrogens with one attached hydrogen (secondary N) is 1. The van der Waals surface area contributed by atoms with Gasteiger partial charge in [0, 0.05) is 0 Å². The van der Waals surface area contributed by atoms with Crippen molar-refractivity contribution in [1.29, 1.82) is 0 Å². The van der Waals surface area contributed by atoms with E-state index >= 15 is 0 Å². The lowest BCUT2D eigenvalue weighted by Gasteiger charge is -2.19. The third-order valence-electron chi connectivity index (χ3n) is 2.53. The van der Waals surface area contributed by atoms with Gasteiger partial charge in [-0.25, -0.2) is 0 Å². The van der Waals surface area contributed by atoms with Crippen LogP contribution in [-0.4, -0.2) is 24.9 Å². The molecule has 1 aromatic rings. The molecule has 3 nitrogen and oxygen atoms in total. The summed E-state index contributed by atoms with van der Waals surface area (Å²) in [5, 5.41) is 2.64. The van der Waals surface area contributed by atoms with Crippen molar-refractivity contribution in [2.24, 2.45) is 0 Å². The lowest BCUT2D eigenvalue weighted by molar-refractivity contribution is -0.118. The Morgan fingerprint density at radius 1 is 1.28 bits per heavy atom. The first-order chi connectivity index (χ1) is 8.43. The quantitative estimate of drug-likeness (QED) is 0.659. The van der Waals surface area contributed by atoms with E-state index in [9.17, 15) is 4.79 Å². The molecule has 0 fully saturated rings. The molecule has 1 amide bonds. The van der Waals surface area contributed by atoms with Crippen molar-refractivity contribution in [2.75, 3.05) is 19.0 Å². The van der Waals surface area contributed by atoms with E-state index in [0.717, 1.165) is 5.75 Å². The van der Waals surface area contributed by atoms with Crippen molar-refractivity contribution >= 4 is 17.5 Å². The largest absolute Gasteiger partial charge is 0.492 e. The second-order valence-electron chi connectivity index (χ2n) is 5.11. The summed E-state index contributed by atoms with van der Waals surface area (Å²) in [6, 6.07) is 8.02. The van der Waals surface area contributed by atoms with E-state index in [0.29, 0.717) is 13.2 Å². The number of alkyl halides is 1. The van der Waals surface area contributed by atoms with Crippen LogP contribution in [0.3, 0.4) is 0 Å². The Kier molecular flexibility index (Phi) is 5.48. The standard InChI is InChI=1S/C14H20ClNO2/c1-14(2,3)11-4-6-12(7-5-11)18-9-8-16-13(17)10-15/h4-7H,8-10H2,1-3H3,(H,16,17). The molecule has 0 aromatic heterocycles. The number of benzene rings is 1. The first-order valence-corrected chi connectivity index (χ1v) is 6.53. The van der Waals surface area contributed by atoms with Gasteiger partial charge in [0.15, 0.2) is 0 Å². The monoisotopic (exact) mass is 269 g/mol. The molecule has 0 atom stereocenters. The van der Waals surface area contributed by atoms with Crippen molar-refractivity contribution in [3.8, 4) is 5.75 Å². The van der Waals surface area contributed by atoms with Crippen molar-refractivity contribution in [2.45, 2.75) is 26.2 Å². The molecule has 1 aromatic carbocycles. The van der Waals surface area contributed by atoms with Gasteiger partial charge in [-0.1, -0.05) is 32.9 Å². The number of carbonyl (C=O) groups is 1. The van der Waals surface area contributed by atoms with Crippen LogP contribution in [0.2, 0.25) is 0 Å². The molecule has 0 saturated carbocycles. The van der Waals surface area contributed by atoms with Crippen molar-refractivity contribution in [1.82, 2.24) is 5.32 Å². The summed E-state index contributed by atoms with van der Waals surface area (Å²) in [5.74, 6) is 0.617. The highest BCUT2D eigenvalue weighted by molar-refractivity contribution is 6.27. The summed E-state index contributed by atoms with van der Waals surface area (Å²) < 4.78 is 5.51. The summed E-state index contributed by atoms with van der Waals surface area (Å²) in [5.41, 5.74) is 1.41. The fraction of sp³-hybridized carbons (Fsp3) is 0.500. The molecule has 0 bridgehead atoms. The van der Waals surface area contributed by atoms with Gasteiger partial charge in [0.25, 0.3) is 0 Å². The van der Waals surface area contributed by atoms with E-state index in [4.69, 9.17) is 16.3 Å². The summed E-state index contributed by atoms with van der Waals surface area (Å²) >= 11 is 5.36. The van der Waals surface area contributed by atoms with E-state index in [1.54, 1.807) is 0 Å². The topological polar surface area (TPSA) is 38.3 Å². The van der Waals surface area contributed by atoms with Crippen LogP contribution in [0.25, 0.3) is 0 Å². The minimum absolute atomic E-state index is 0.0136. The molecule has 0 radical (unpaired) electrons. The molecule has 0 aliphatic rings. The predicted octanol–water partition coefficient (Wildman–Crippen LogP) is 2.72. The van der Waals surface area contributed by atoms with Crippen molar-refractivity contribution in [3.63, 3.8) is 0 Å². The zero-order valence-corrected chi connectivity index (χ0v) is 11.9. The van der Waals surface area contributed by atoms with Crippen LogP contribution in [-0.2, 0) is 10.2 Å². The molecule has 0 heterocycles. The molecule has 4 heteroatoms. The molecule has 0 spiro atoms. The fourth-order valence-electron chi connectivity index (χ4n) is 1.46. The molecule has 1 rings (SSSR count). The summed E-state index contributed by atoms with van der Waals surface area (Å²) in [6.07, 6.45) is 0. The lowest BCUT2D eigenvalue weighted by Crippen LogP contribution is -2.28. The number of amides is 1. The Morgan fingerprint density at radius 2 is 1.89 bits per heavy atom. The molecule has 0 unspecified atom stereocenters. The highest BCUT2D eigenvalue weighted by Gasteiger charge is 2.12. The number of hydrogen-bond acceptors (Lipinski definition) is 2. The minimum atomic E-state index is -0.177. The second kappa shape index (κ2) is 6.64. The first kappa shape index (κ1) is 14.8. The van der Waals surface area contributed by atoms with Crippen LogP contribution >= 0.6 is 11.6 Å². The predicted molar refractivity (Wildman–Crippen MR) is 74.4 cm³/mol. The smallest absolute Gasteiger partial charge is 0.235 e. The number of rotatable bonds is 5. The van der Waals surface area contributed by atoms with Crippen LogP contribution in [0, 0.1) is 0 Å². The van der Waals surface area contributed by atoms with E-state index in [2.05, 4.69) is 38.2 Å². The average Bonchev–Trinajstić information content (AvgIpc) is 2.33. The maximum Gasteiger partial charge on any atom is 0.235 e. The van der Waals surface area contributed by atoms with E-state index in [-0.39, 0.29) is 17.2 Å². The molecule has 1 N–H and O–H groups in total. The van der Waals surface area contributed by atoms with Gasteiger partial charge >= 0.3 is 0 Å². The highest BCUT2D eigenvalue weighted by Crippen LogP contribution is 2.24. The SMILES string of the molecule is CC(C)(C)c1ccc(OCCNC(=O)CCl)cc1. The molecule has 100 valence electrons. The molecule has 0 aliphatic heterocycles. The Bertz CT molecular complexity index is 382. The summed E-state index contributed by atoms with van der Waals surface area (Å²) in [7, 11) is 0. The molecular formula is C14H20ClNO2. The van der Waals surface area contributed by atoms with E-state index in [1.165, 1.54) is 5.56 Å². The Hall–Kier alpha value is -1.22. The van der Waals surface area contributed by atoms with Gasteiger partial charge in [-0.05, 0) is 23.1 Å². The molecular weight excluding hydrogens is 250 g/mol. The Labute approximate surface area is 113 Å². The highest BCUT2D eigenvalue weighted by atomic mass is 35.5. The van der Waals surface area contributed by atoms with Crippen LogP contribution in [0.4, 0.5) is 0 Å². The van der Waals surface area contributed by atoms with Crippen LogP contribution in [0.15, 0.2) is 24.3 Å². The van der Waals surface area contributed by atoms with E-state index < -0.39 is 0 Å². The van der Waals surface area contributed by atoms with E-state index in [1.807, 2.05) is 12.1 Å². The van der Waals surface area contributed by atoms with Gasteiger partial charge < -0.3 is 10.1 Å². The fourth-order valence-corrected chi connectivity index (χ4v) is 1.55. The molecule has 18 heavy (non-hydrogen) atoms. The third-order valence-corrected chi connectivity index (χ3v) is 2.78. The third kappa shape index (κ3) is 4.96. The second-order valence-corrected chi connectivity index (χ2v) is 5.37. The van der Waals surface area contributed by atoms with Gasteiger partial charge in [0.1, 0.15) is 18.2 Å². The summed E-state index contributed by atoms with van der Waals surface area (Å²) in [4.78, 5) is 10.9. The Morgan fingerprint density at radius 3 is 2.39 bits per heavy atom. The van der Waals surface area contributed by atoms with Gasteiger partial charge in [0.2, 0.25) is 5.91 Å². The van der Waals surface area contributed by atoms with Crippen LogP contribution in [0.5, 0.6) is 5.75 Å². The van der Waals surface area contributed by atoms with Crippen LogP contribution < -0.4 is 10.1 Å². The maximum absolute atomic E-state index is 10.9. The first-order valence-electron chi connectivity index (χ1n) is 5.99. The zero-order valence-electron chi connectivity index (χ0n) is 11.1. The van der Waals surface area contributed by atoms with Gasteiger partial charge in [0.05, 0.1) is 6.54 Å². The zero-order chi connectivity index (χ0) is 13.6. The minimum Gasteiger partial charge on any atom is -0.492 e. The molecule has 0 saturated heterocycles. The number of hydrogen-bond donors (Lipinski definition) is 1. The van der Waals surface area contributed by atoms with Gasteiger partial charge in [-0.2, -0.15) is 0 Å². The summed E-state index contributed by atoms with van der Waals surface area (Å²) in [6.45, 7) is 7.42. The normalized spacial score (nSPS) is 11.1. The number of ether oxygens (including phenoxy) is 1. The Balaban J connectivity index is 2.38. The van der Waals surface area contributed by atoms with Crippen molar-refractivity contribution < 1.29 is 9.53 Å². The van der Waals surface area contributed by atoms with Crippen LogP contribution in [0.1, 0.15) is 26.3 Å². The van der Waals surface area contributed by atoms with Gasteiger partial charge in [-0.3, -0.25) is 4.79 Å². The average molecular weight is 270 g/mol. The van der Waals surface area contributed by atoms with Gasteiger partial charge in [-0.15, -0.1) is 11.6 Å². The van der Waals surface area contributed by atoms with Crippen molar-refractivity contribution in [3.05, 3.63) is 29.8 Å². The maximum atomic E-state index is 10.9. The molecule has 0 aliphatic carbocycles. The lowest BCUT2D eigenvalue weighted by atomic mass is 9.87.